The van der Waals surface area contributed by atoms with Gasteiger partial charge in [0.1, 0.15) is 11.5 Å². The molecule has 0 fully saturated rings. The SMILES string of the molecule is O=C(NCc1ccco1)c1ccccc1Nc1ccc(OC(F)F)cc1. The number of amides is 1. The van der Waals surface area contributed by atoms with Gasteiger partial charge in [-0.15, -0.1) is 0 Å². The number of hydrogen-bond acceptors (Lipinski definition) is 4. The molecule has 0 radical (unpaired) electrons. The van der Waals surface area contributed by atoms with E-state index in [1.54, 1.807) is 54.8 Å². The molecule has 7 heteroatoms. The minimum absolute atomic E-state index is 0.0648. The molecule has 1 heterocycles. The van der Waals surface area contributed by atoms with Gasteiger partial charge in [0.15, 0.2) is 0 Å². The number of rotatable bonds is 7. The molecule has 0 unspecified atom stereocenters. The lowest BCUT2D eigenvalue weighted by Gasteiger charge is -2.12. The van der Waals surface area contributed by atoms with Gasteiger partial charge in [-0.25, -0.2) is 0 Å². The summed E-state index contributed by atoms with van der Waals surface area (Å²) in [6.07, 6.45) is 1.54. The van der Waals surface area contributed by atoms with Crippen molar-refractivity contribution in [1.29, 1.82) is 0 Å². The normalized spacial score (nSPS) is 10.6. The fraction of sp³-hybridized carbons (Fsp3) is 0.105. The molecule has 1 amide bonds. The van der Waals surface area contributed by atoms with E-state index in [9.17, 15) is 13.6 Å². The number of benzene rings is 2. The maximum absolute atomic E-state index is 12.4. The van der Waals surface area contributed by atoms with Crippen LogP contribution >= 0.6 is 0 Å². The highest BCUT2D eigenvalue weighted by atomic mass is 19.3. The van der Waals surface area contributed by atoms with E-state index < -0.39 is 6.61 Å². The average Bonchev–Trinajstić information content (AvgIpc) is 3.15. The molecule has 0 saturated carbocycles. The quantitative estimate of drug-likeness (QED) is 0.650. The zero-order valence-corrected chi connectivity index (χ0v) is 13.6. The van der Waals surface area contributed by atoms with Gasteiger partial charge in [-0.1, -0.05) is 12.1 Å². The molecule has 3 rings (SSSR count). The highest BCUT2D eigenvalue weighted by molar-refractivity contribution is 6.00. The van der Waals surface area contributed by atoms with Crippen molar-refractivity contribution in [3.63, 3.8) is 0 Å². The van der Waals surface area contributed by atoms with E-state index in [0.717, 1.165) is 0 Å². The third-order valence-electron chi connectivity index (χ3n) is 3.53. The maximum Gasteiger partial charge on any atom is 0.387 e. The van der Waals surface area contributed by atoms with E-state index in [2.05, 4.69) is 15.4 Å². The van der Waals surface area contributed by atoms with E-state index >= 15 is 0 Å². The van der Waals surface area contributed by atoms with Gasteiger partial charge in [0.05, 0.1) is 24.1 Å². The maximum atomic E-state index is 12.4. The number of nitrogens with one attached hydrogen (secondary N) is 2. The van der Waals surface area contributed by atoms with Gasteiger partial charge in [0.25, 0.3) is 5.91 Å². The Morgan fingerprint density at radius 1 is 1.04 bits per heavy atom. The van der Waals surface area contributed by atoms with Crippen LogP contribution in [0.1, 0.15) is 16.1 Å². The standard InChI is InChI=1S/C19H16F2N2O3/c20-19(21)26-14-9-7-13(8-10-14)23-17-6-2-1-5-16(17)18(24)22-12-15-4-3-11-25-15/h1-11,19,23H,12H2,(H,22,24). The fourth-order valence-electron chi connectivity index (χ4n) is 2.34. The van der Waals surface area contributed by atoms with Gasteiger partial charge >= 0.3 is 6.61 Å². The van der Waals surface area contributed by atoms with E-state index in [-0.39, 0.29) is 18.2 Å². The second-order valence-electron chi connectivity index (χ2n) is 5.34. The molecule has 0 aliphatic carbocycles. The number of alkyl halides is 2. The largest absolute Gasteiger partial charge is 0.467 e. The molecule has 1 aromatic heterocycles. The van der Waals surface area contributed by atoms with Crippen molar-refractivity contribution >= 4 is 17.3 Å². The first kappa shape index (κ1) is 17.5. The predicted octanol–water partition coefficient (Wildman–Crippen LogP) is 4.55. The Morgan fingerprint density at radius 3 is 2.50 bits per heavy atom. The minimum Gasteiger partial charge on any atom is -0.467 e. The van der Waals surface area contributed by atoms with Crippen molar-refractivity contribution in [2.75, 3.05) is 5.32 Å². The zero-order chi connectivity index (χ0) is 18.4. The van der Waals surface area contributed by atoms with Crippen LogP contribution in [-0.4, -0.2) is 12.5 Å². The smallest absolute Gasteiger partial charge is 0.387 e. The number of furan rings is 1. The van der Waals surface area contributed by atoms with Crippen LogP contribution in [0, 0.1) is 0 Å². The molecule has 0 spiro atoms. The molecule has 0 saturated heterocycles. The van der Waals surface area contributed by atoms with E-state index in [4.69, 9.17) is 4.42 Å². The van der Waals surface area contributed by atoms with Crippen molar-refractivity contribution in [1.82, 2.24) is 5.32 Å². The van der Waals surface area contributed by atoms with Gasteiger partial charge in [0.2, 0.25) is 0 Å². The van der Waals surface area contributed by atoms with Gasteiger partial charge in [-0.2, -0.15) is 8.78 Å². The number of halogens is 2. The zero-order valence-electron chi connectivity index (χ0n) is 13.6. The van der Waals surface area contributed by atoms with Crippen molar-refractivity contribution in [3.8, 4) is 5.75 Å². The molecule has 26 heavy (non-hydrogen) atoms. The fourth-order valence-corrected chi connectivity index (χ4v) is 2.34. The first-order valence-electron chi connectivity index (χ1n) is 7.83. The molecule has 2 aromatic carbocycles. The number of carbonyl (C=O) groups is 1. The highest BCUT2D eigenvalue weighted by Crippen LogP contribution is 2.23. The summed E-state index contributed by atoms with van der Waals surface area (Å²) in [4.78, 5) is 12.4. The molecule has 0 aliphatic heterocycles. The second-order valence-corrected chi connectivity index (χ2v) is 5.34. The number of para-hydroxylation sites is 1. The van der Waals surface area contributed by atoms with Crippen molar-refractivity contribution in [3.05, 3.63) is 78.3 Å². The monoisotopic (exact) mass is 358 g/mol. The molecule has 3 aromatic rings. The number of carbonyl (C=O) groups excluding carboxylic acids is 1. The molecule has 0 bridgehead atoms. The lowest BCUT2D eigenvalue weighted by molar-refractivity contribution is -0.0498. The molecule has 5 nitrogen and oxygen atoms in total. The molecule has 134 valence electrons. The number of anilines is 2. The summed E-state index contributed by atoms with van der Waals surface area (Å²) >= 11 is 0. The van der Waals surface area contributed by atoms with Gasteiger partial charge < -0.3 is 19.8 Å². The van der Waals surface area contributed by atoms with Gasteiger partial charge in [-0.3, -0.25) is 4.79 Å². The minimum atomic E-state index is -2.87. The Balaban J connectivity index is 1.69. The van der Waals surface area contributed by atoms with Crippen LogP contribution in [0.3, 0.4) is 0 Å². The van der Waals surface area contributed by atoms with Crippen LogP contribution in [0.25, 0.3) is 0 Å². The van der Waals surface area contributed by atoms with Crippen LogP contribution < -0.4 is 15.4 Å². The number of ether oxygens (including phenoxy) is 1. The summed E-state index contributed by atoms with van der Waals surface area (Å²) in [6, 6.07) is 16.5. The Hall–Kier alpha value is -3.35. The first-order chi connectivity index (χ1) is 12.6. The summed E-state index contributed by atoms with van der Waals surface area (Å²) in [7, 11) is 0. The summed E-state index contributed by atoms with van der Waals surface area (Å²) in [6.45, 7) is -2.59. The molecule has 2 N–H and O–H groups in total. The van der Waals surface area contributed by atoms with E-state index in [1.807, 2.05) is 0 Å². The van der Waals surface area contributed by atoms with Crippen LogP contribution in [0.4, 0.5) is 20.2 Å². The van der Waals surface area contributed by atoms with Crippen molar-refractivity contribution in [2.24, 2.45) is 0 Å². The Labute approximate surface area is 148 Å². The Kier molecular flexibility index (Phi) is 5.48. The molecular weight excluding hydrogens is 342 g/mol. The van der Waals surface area contributed by atoms with Crippen molar-refractivity contribution < 1.29 is 22.7 Å². The van der Waals surface area contributed by atoms with Crippen LogP contribution in [0.15, 0.2) is 71.3 Å². The summed E-state index contributed by atoms with van der Waals surface area (Å²) in [5, 5.41) is 5.88. The van der Waals surface area contributed by atoms with E-state index in [0.29, 0.717) is 22.7 Å². The average molecular weight is 358 g/mol. The lowest BCUT2D eigenvalue weighted by Crippen LogP contribution is -2.23. The van der Waals surface area contributed by atoms with E-state index in [1.165, 1.54) is 12.1 Å². The van der Waals surface area contributed by atoms with Gasteiger partial charge in [-0.05, 0) is 48.5 Å². The number of hydrogen-bond donors (Lipinski definition) is 2. The third kappa shape index (κ3) is 4.60. The van der Waals surface area contributed by atoms with Crippen LogP contribution in [0.2, 0.25) is 0 Å². The predicted molar refractivity (Wildman–Crippen MR) is 92.7 cm³/mol. The van der Waals surface area contributed by atoms with Crippen molar-refractivity contribution in [2.45, 2.75) is 13.2 Å². The molecule has 0 aliphatic rings. The summed E-state index contributed by atoms with van der Waals surface area (Å²) in [5.41, 5.74) is 1.68. The molecular formula is C19H16F2N2O3. The molecule has 0 atom stereocenters. The Morgan fingerprint density at radius 2 is 1.81 bits per heavy atom. The van der Waals surface area contributed by atoms with Crippen LogP contribution in [-0.2, 0) is 6.54 Å². The summed E-state index contributed by atoms with van der Waals surface area (Å²) in [5.74, 6) is 0.454. The van der Waals surface area contributed by atoms with Gasteiger partial charge in [0, 0.05) is 5.69 Å². The van der Waals surface area contributed by atoms with Crippen LogP contribution in [0.5, 0.6) is 5.75 Å². The Bertz CT molecular complexity index is 849. The lowest BCUT2D eigenvalue weighted by atomic mass is 10.1. The topological polar surface area (TPSA) is 63.5 Å². The third-order valence-corrected chi connectivity index (χ3v) is 3.53. The second kappa shape index (κ2) is 8.15. The first-order valence-corrected chi connectivity index (χ1v) is 7.83. The highest BCUT2D eigenvalue weighted by Gasteiger charge is 2.12. The summed E-state index contributed by atoms with van der Waals surface area (Å²) < 4.78 is 33.9.